The third-order valence-corrected chi connectivity index (χ3v) is 7.05. The predicted octanol–water partition coefficient (Wildman–Crippen LogP) is 2.31. The molecule has 4 atom stereocenters. The van der Waals surface area contributed by atoms with Crippen LogP contribution in [0.5, 0.6) is 0 Å². The van der Waals surface area contributed by atoms with Gasteiger partial charge in [-0.1, -0.05) is 25.5 Å². The lowest BCUT2D eigenvalue weighted by Crippen LogP contribution is -2.66. The van der Waals surface area contributed by atoms with E-state index in [0.717, 1.165) is 12.8 Å². The molecule has 5 amide bonds. The fraction of sp³-hybridized carbons (Fsp3) is 0.630. The Hall–Kier alpha value is -2.98. The van der Waals surface area contributed by atoms with E-state index in [9.17, 15) is 19.2 Å². The Morgan fingerprint density at radius 2 is 1.70 bits per heavy atom. The van der Waals surface area contributed by atoms with Crippen molar-refractivity contribution >= 4 is 23.8 Å². The van der Waals surface area contributed by atoms with Crippen LogP contribution in [0.15, 0.2) is 24.3 Å². The lowest BCUT2D eigenvalue weighted by atomic mass is 9.78. The lowest BCUT2D eigenvalue weighted by molar-refractivity contribution is -0.153. The van der Waals surface area contributed by atoms with E-state index in [4.69, 9.17) is 9.47 Å². The standard InChI is InChI=1S/C27H40N4O6/c1-6-7-12-28-24(32)16-30-21-14-23(37-5)22(36-4)13-20(21)26(34)31(27(30)35)15-18-8-10-19(11-9-18)25(33)29-17(2)3/h8-11,17,20-23H,6-7,12-16H2,1-5H3,(H,28,32)(H,29,33). The number of amides is 5. The van der Waals surface area contributed by atoms with Crippen molar-refractivity contribution in [2.24, 2.45) is 5.92 Å². The summed E-state index contributed by atoms with van der Waals surface area (Å²) in [5, 5.41) is 5.71. The van der Waals surface area contributed by atoms with E-state index in [1.165, 1.54) is 9.80 Å². The number of rotatable bonds is 11. The van der Waals surface area contributed by atoms with Crippen molar-refractivity contribution in [3.05, 3.63) is 35.4 Å². The Bertz CT molecular complexity index is 966. The number of ether oxygens (including phenoxy) is 2. The molecule has 10 heteroatoms. The zero-order valence-electron chi connectivity index (χ0n) is 22.5. The topological polar surface area (TPSA) is 117 Å². The van der Waals surface area contributed by atoms with Crippen molar-refractivity contribution in [3.8, 4) is 0 Å². The molecule has 0 radical (unpaired) electrons. The number of imide groups is 1. The highest BCUT2D eigenvalue weighted by Gasteiger charge is 2.51. The maximum absolute atomic E-state index is 13.6. The summed E-state index contributed by atoms with van der Waals surface area (Å²) in [7, 11) is 3.17. The van der Waals surface area contributed by atoms with Crippen LogP contribution in [0, 0.1) is 5.92 Å². The van der Waals surface area contributed by atoms with Crippen LogP contribution in [-0.4, -0.2) is 85.2 Å². The minimum absolute atomic E-state index is 0.0120. The van der Waals surface area contributed by atoms with Crippen LogP contribution in [0.3, 0.4) is 0 Å². The number of carbonyl (C=O) groups is 4. The highest BCUT2D eigenvalue weighted by atomic mass is 16.5. The number of urea groups is 1. The third kappa shape index (κ3) is 6.87. The summed E-state index contributed by atoms with van der Waals surface area (Å²) in [6.07, 6.45) is 2.03. The van der Waals surface area contributed by atoms with Crippen LogP contribution in [-0.2, 0) is 25.6 Å². The molecule has 37 heavy (non-hydrogen) atoms. The summed E-state index contributed by atoms with van der Waals surface area (Å²) in [5.41, 5.74) is 1.21. The van der Waals surface area contributed by atoms with Crippen LogP contribution in [0.1, 0.15) is 62.4 Å². The Balaban J connectivity index is 1.82. The molecule has 0 aromatic heterocycles. The molecular formula is C27H40N4O6. The summed E-state index contributed by atoms with van der Waals surface area (Å²) >= 11 is 0. The third-order valence-electron chi connectivity index (χ3n) is 7.05. The predicted molar refractivity (Wildman–Crippen MR) is 138 cm³/mol. The van der Waals surface area contributed by atoms with Crippen LogP contribution in [0.25, 0.3) is 0 Å². The largest absolute Gasteiger partial charge is 0.379 e. The Morgan fingerprint density at radius 3 is 2.30 bits per heavy atom. The van der Waals surface area contributed by atoms with Gasteiger partial charge in [0.25, 0.3) is 5.91 Å². The molecule has 2 N–H and O–H groups in total. The van der Waals surface area contributed by atoms with Gasteiger partial charge in [0.05, 0.1) is 24.7 Å². The molecular weight excluding hydrogens is 476 g/mol. The molecule has 0 spiro atoms. The molecule has 1 heterocycles. The zero-order chi connectivity index (χ0) is 27.1. The average molecular weight is 517 g/mol. The first kappa shape index (κ1) is 28.6. The van der Waals surface area contributed by atoms with Gasteiger partial charge in [0.1, 0.15) is 6.54 Å². The highest BCUT2D eigenvalue weighted by Crippen LogP contribution is 2.37. The van der Waals surface area contributed by atoms with Gasteiger partial charge in [-0.25, -0.2) is 4.79 Å². The number of benzene rings is 1. The highest BCUT2D eigenvalue weighted by molar-refractivity contribution is 6.00. The molecule has 204 valence electrons. The Morgan fingerprint density at radius 1 is 1.05 bits per heavy atom. The lowest BCUT2D eigenvalue weighted by Gasteiger charge is -2.49. The first-order valence-corrected chi connectivity index (χ1v) is 13.0. The molecule has 1 aliphatic carbocycles. The van der Waals surface area contributed by atoms with Gasteiger partial charge in [-0.05, 0) is 50.8 Å². The van der Waals surface area contributed by atoms with E-state index >= 15 is 0 Å². The van der Waals surface area contributed by atoms with E-state index in [0.29, 0.717) is 30.5 Å². The van der Waals surface area contributed by atoms with Gasteiger partial charge >= 0.3 is 6.03 Å². The SMILES string of the molecule is CCCCNC(=O)CN1C(=O)N(Cc2ccc(C(=O)NC(C)C)cc2)C(=O)C2CC(OC)C(OC)CC21. The smallest absolute Gasteiger partial charge is 0.327 e. The van der Waals surface area contributed by atoms with Gasteiger partial charge in [-0.15, -0.1) is 0 Å². The summed E-state index contributed by atoms with van der Waals surface area (Å²) < 4.78 is 11.2. The summed E-state index contributed by atoms with van der Waals surface area (Å²) in [6.45, 7) is 6.27. The molecule has 1 aromatic carbocycles. The van der Waals surface area contributed by atoms with Gasteiger partial charge in [0.15, 0.2) is 0 Å². The monoisotopic (exact) mass is 516 g/mol. The minimum Gasteiger partial charge on any atom is -0.379 e. The van der Waals surface area contributed by atoms with Crippen molar-refractivity contribution in [1.82, 2.24) is 20.4 Å². The molecule has 1 aromatic rings. The second-order valence-corrected chi connectivity index (χ2v) is 10.1. The van der Waals surface area contributed by atoms with Crippen molar-refractivity contribution in [2.45, 2.75) is 77.3 Å². The maximum Gasteiger partial charge on any atom is 0.327 e. The molecule has 1 saturated carbocycles. The second-order valence-electron chi connectivity index (χ2n) is 10.1. The van der Waals surface area contributed by atoms with Crippen molar-refractivity contribution in [1.29, 1.82) is 0 Å². The number of hydrogen-bond acceptors (Lipinski definition) is 6. The normalized spacial score (nSPS) is 23.7. The molecule has 3 rings (SSSR count). The van der Waals surface area contributed by atoms with Crippen LogP contribution < -0.4 is 10.6 Å². The number of methoxy groups -OCH3 is 2. The van der Waals surface area contributed by atoms with Crippen molar-refractivity contribution in [2.75, 3.05) is 27.3 Å². The zero-order valence-corrected chi connectivity index (χ0v) is 22.5. The molecule has 1 saturated heterocycles. The fourth-order valence-corrected chi connectivity index (χ4v) is 5.05. The van der Waals surface area contributed by atoms with E-state index < -0.39 is 18.0 Å². The van der Waals surface area contributed by atoms with Crippen molar-refractivity contribution in [3.63, 3.8) is 0 Å². The van der Waals surface area contributed by atoms with Gasteiger partial charge in [-0.3, -0.25) is 19.3 Å². The molecule has 0 bridgehead atoms. The van der Waals surface area contributed by atoms with Crippen LogP contribution in [0.4, 0.5) is 4.79 Å². The van der Waals surface area contributed by atoms with Gasteiger partial charge in [-0.2, -0.15) is 0 Å². The second kappa shape index (κ2) is 13.0. The quantitative estimate of drug-likeness (QED) is 0.436. The maximum atomic E-state index is 13.6. The summed E-state index contributed by atoms with van der Waals surface area (Å²) in [5.74, 6) is -1.22. The molecule has 1 aliphatic heterocycles. The minimum atomic E-state index is -0.506. The molecule has 2 fully saturated rings. The van der Waals surface area contributed by atoms with Crippen molar-refractivity contribution < 1.29 is 28.7 Å². The summed E-state index contributed by atoms with van der Waals surface area (Å²) in [4.78, 5) is 54.9. The number of fused-ring (bicyclic) bond motifs is 1. The number of nitrogens with one attached hydrogen (secondary N) is 2. The Kier molecular flexibility index (Phi) is 10.0. The van der Waals surface area contributed by atoms with E-state index in [-0.39, 0.29) is 49.1 Å². The number of hydrogen-bond donors (Lipinski definition) is 2. The van der Waals surface area contributed by atoms with E-state index in [1.807, 2.05) is 20.8 Å². The molecule has 2 aliphatic rings. The average Bonchev–Trinajstić information content (AvgIpc) is 2.88. The van der Waals surface area contributed by atoms with E-state index in [1.54, 1.807) is 38.5 Å². The van der Waals surface area contributed by atoms with Crippen LogP contribution >= 0.6 is 0 Å². The number of nitrogens with zero attached hydrogens (tertiary/aromatic N) is 2. The number of carbonyl (C=O) groups excluding carboxylic acids is 4. The fourth-order valence-electron chi connectivity index (χ4n) is 5.05. The van der Waals surface area contributed by atoms with E-state index in [2.05, 4.69) is 10.6 Å². The van der Waals surface area contributed by atoms with Gasteiger partial charge in [0.2, 0.25) is 11.8 Å². The molecule has 4 unspecified atom stereocenters. The van der Waals surface area contributed by atoms with Gasteiger partial charge < -0.3 is 25.0 Å². The van der Waals surface area contributed by atoms with Gasteiger partial charge in [0, 0.05) is 38.4 Å². The first-order chi connectivity index (χ1) is 17.7. The Labute approximate surface area is 219 Å². The number of unbranched alkanes of at least 4 members (excludes halogenated alkanes) is 1. The van der Waals surface area contributed by atoms with Crippen LogP contribution in [0.2, 0.25) is 0 Å². The molecule has 10 nitrogen and oxygen atoms in total. The first-order valence-electron chi connectivity index (χ1n) is 13.0. The summed E-state index contributed by atoms with van der Waals surface area (Å²) in [6, 6.07) is 5.90.